The highest BCUT2D eigenvalue weighted by Gasteiger charge is 2.20. The Morgan fingerprint density at radius 3 is 2.43 bits per heavy atom. The third-order valence-electron chi connectivity index (χ3n) is 4.62. The molecule has 1 saturated heterocycles. The van der Waals surface area contributed by atoms with Gasteiger partial charge in [-0.25, -0.2) is 14.6 Å². The zero-order valence-electron chi connectivity index (χ0n) is 15.6. The van der Waals surface area contributed by atoms with Crippen molar-refractivity contribution in [3.8, 4) is 0 Å². The van der Waals surface area contributed by atoms with Crippen LogP contribution in [0.2, 0.25) is 0 Å². The number of nitrogens with zero attached hydrogens (tertiary/aromatic N) is 7. The number of thioether (sulfide) groups is 1. The summed E-state index contributed by atoms with van der Waals surface area (Å²) in [6, 6.07) is 11.0. The maximum Gasteiger partial charge on any atom is 0.267 e. The molecule has 0 aromatic carbocycles. The first-order valence-corrected chi connectivity index (χ1v) is 10.3. The molecule has 0 radical (unpaired) electrons. The van der Waals surface area contributed by atoms with Gasteiger partial charge < -0.3 is 9.80 Å². The van der Waals surface area contributed by atoms with Gasteiger partial charge in [-0.05, 0) is 30.5 Å². The predicted octanol–water partition coefficient (Wildman–Crippen LogP) is 1.53. The molecule has 1 aliphatic heterocycles. The molecule has 0 bridgehead atoms. The number of anilines is 2. The summed E-state index contributed by atoms with van der Waals surface area (Å²) >= 11 is 1.54. The Labute approximate surface area is 167 Å². The molecule has 0 amide bonds. The molecule has 1 fully saturated rings. The van der Waals surface area contributed by atoms with Crippen molar-refractivity contribution in [3.63, 3.8) is 0 Å². The molecule has 0 atom stereocenters. The third-order valence-corrected chi connectivity index (χ3v) is 5.18. The minimum absolute atomic E-state index is 0.126. The lowest BCUT2D eigenvalue weighted by atomic mass is 10.3. The number of rotatable bonds is 5. The highest BCUT2D eigenvalue weighted by atomic mass is 32.2. The van der Waals surface area contributed by atoms with E-state index in [1.54, 1.807) is 36.3 Å². The molecule has 144 valence electrons. The van der Waals surface area contributed by atoms with E-state index in [9.17, 15) is 4.79 Å². The summed E-state index contributed by atoms with van der Waals surface area (Å²) in [5.74, 6) is 1.76. The lowest BCUT2D eigenvalue weighted by molar-refractivity contribution is 0.593. The van der Waals surface area contributed by atoms with E-state index in [0.717, 1.165) is 48.7 Å². The first kappa shape index (κ1) is 18.4. The van der Waals surface area contributed by atoms with E-state index in [1.165, 1.54) is 4.68 Å². The van der Waals surface area contributed by atoms with Crippen LogP contribution in [0, 0.1) is 0 Å². The molecule has 0 aliphatic carbocycles. The second-order valence-electron chi connectivity index (χ2n) is 6.38. The molecular weight excluding hydrogens is 374 g/mol. The summed E-state index contributed by atoms with van der Waals surface area (Å²) in [4.78, 5) is 29.7. The fourth-order valence-corrected chi connectivity index (χ4v) is 3.49. The van der Waals surface area contributed by atoms with Gasteiger partial charge in [0.25, 0.3) is 5.56 Å². The van der Waals surface area contributed by atoms with E-state index in [4.69, 9.17) is 0 Å². The summed E-state index contributed by atoms with van der Waals surface area (Å²) in [7, 11) is 0. The van der Waals surface area contributed by atoms with E-state index in [2.05, 4.69) is 29.9 Å². The molecule has 1 aliphatic rings. The Bertz CT molecular complexity index is 987. The fourth-order valence-electron chi connectivity index (χ4n) is 3.14. The van der Waals surface area contributed by atoms with Crippen molar-refractivity contribution in [1.82, 2.24) is 24.7 Å². The quantitative estimate of drug-likeness (QED) is 0.475. The average Bonchev–Trinajstić information content (AvgIpc) is 2.76. The molecular formula is C19H21N7OS. The summed E-state index contributed by atoms with van der Waals surface area (Å²) < 4.78 is 1.47. The van der Waals surface area contributed by atoms with Crippen LogP contribution in [-0.4, -0.2) is 57.2 Å². The Morgan fingerprint density at radius 1 is 0.929 bits per heavy atom. The van der Waals surface area contributed by atoms with E-state index >= 15 is 0 Å². The summed E-state index contributed by atoms with van der Waals surface area (Å²) in [5.41, 5.74) is 0.686. The number of hydrogen-bond donors (Lipinski definition) is 0. The first-order chi connectivity index (χ1) is 13.7. The van der Waals surface area contributed by atoms with Gasteiger partial charge in [-0.3, -0.25) is 9.78 Å². The number of aromatic nitrogens is 5. The van der Waals surface area contributed by atoms with E-state index in [1.807, 2.05) is 30.5 Å². The van der Waals surface area contributed by atoms with Crippen molar-refractivity contribution in [2.24, 2.45) is 0 Å². The van der Waals surface area contributed by atoms with Crippen LogP contribution in [-0.2, 0) is 6.54 Å². The largest absolute Gasteiger partial charge is 0.353 e. The topological polar surface area (TPSA) is 80.0 Å². The van der Waals surface area contributed by atoms with E-state index in [0.29, 0.717) is 6.54 Å². The fraction of sp³-hybridized carbons (Fsp3) is 0.316. The molecule has 0 saturated carbocycles. The van der Waals surface area contributed by atoms with Gasteiger partial charge in [0.2, 0.25) is 0 Å². The molecule has 0 unspecified atom stereocenters. The number of piperazine rings is 1. The van der Waals surface area contributed by atoms with Crippen molar-refractivity contribution >= 4 is 23.4 Å². The highest BCUT2D eigenvalue weighted by molar-refractivity contribution is 7.98. The Hall–Kier alpha value is -2.94. The van der Waals surface area contributed by atoms with Crippen molar-refractivity contribution in [1.29, 1.82) is 0 Å². The molecule has 0 N–H and O–H groups in total. The lowest BCUT2D eigenvalue weighted by Gasteiger charge is -2.36. The standard InChI is InChI=1S/C19H21N7OS/c1-28-19-21-9-7-16(22-19)24-10-12-25(13-11-24)17-5-6-18(27)26(23-17)14-15-4-2-3-8-20-15/h2-9H,10-14H2,1H3. The Kier molecular flexibility index (Phi) is 5.52. The molecule has 4 heterocycles. The van der Waals surface area contributed by atoms with Crippen molar-refractivity contribution in [3.05, 3.63) is 64.8 Å². The summed E-state index contributed by atoms with van der Waals surface area (Å²) in [6.07, 6.45) is 5.50. The predicted molar refractivity (Wildman–Crippen MR) is 110 cm³/mol. The molecule has 4 rings (SSSR count). The van der Waals surface area contributed by atoms with Crippen LogP contribution in [0.1, 0.15) is 5.69 Å². The Balaban J connectivity index is 1.46. The Morgan fingerprint density at radius 2 is 1.71 bits per heavy atom. The molecule has 28 heavy (non-hydrogen) atoms. The van der Waals surface area contributed by atoms with E-state index < -0.39 is 0 Å². The molecule has 8 nitrogen and oxygen atoms in total. The second-order valence-corrected chi connectivity index (χ2v) is 7.16. The normalized spacial score (nSPS) is 14.3. The molecule has 3 aromatic rings. The van der Waals surface area contributed by atoms with Gasteiger partial charge in [-0.1, -0.05) is 17.8 Å². The maximum atomic E-state index is 12.2. The first-order valence-electron chi connectivity index (χ1n) is 9.08. The zero-order valence-corrected chi connectivity index (χ0v) is 16.4. The molecule has 0 spiro atoms. The van der Waals surface area contributed by atoms with Crippen LogP contribution >= 0.6 is 11.8 Å². The maximum absolute atomic E-state index is 12.2. The van der Waals surface area contributed by atoms with E-state index in [-0.39, 0.29) is 5.56 Å². The third kappa shape index (κ3) is 4.14. The van der Waals surface area contributed by atoms with Crippen LogP contribution in [0.3, 0.4) is 0 Å². The van der Waals surface area contributed by atoms with Crippen LogP contribution in [0.25, 0.3) is 0 Å². The van der Waals surface area contributed by atoms with Crippen molar-refractivity contribution < 1.29 is 0 Å². The van der Waals surface area contributed by atoms with Crippen LogP contribution in [0.4, 0.5) is 11.6 Å². The van der Waals surface area contributed by atoms with Gasteiger partial charge >= 0.3 is 0 Å². The minimum Gasteiger partial charge on any atom is -0.353 e. The van der Waals surface area contributed by atoms with Gasteiger partial charge in [-0.2, -0.15) is 5.10 Å². The van der Waals surface area contributed by atoms with Crippen molar-refractivity contribution in [2.45, 2.75) is 11.7 Å². The van der Waals surface area contributed by atoms with Crippen LogP contribution in [0.15, 0.2) is 58.7 Å². The van der Waals surface area contributed by atoms with Gasteiger partial charge in [0.1, 0.15) is 11.6 Å². The zero-order chi connectivity index (χ0) is 19.3. The van der Waals surface area contributed by atoms with Gasteiger partial charge in [0, 0.05) is 44.6 Å². The number of hydrogen-bond acceptors (Lipinski definition) is 8. The van der Waals surface area contributed by atoms with Crippen LogP contribution < -0.4 is 15.4 Å². The van der Waals surface area contributed by atoms with Gasteiger partial charge in [-0.15, -0.1) is 0 Å². The SMILES string of the molecule is CSc1nccc(N2CCN(c3ccc(=O)n(Cc4ccccn4)n3)CC2)n1. The van der Waals surface area contributed by atoms with Crippen LogP contribution in [0.5, 0.6) is 0 Å². The number of pyridine rings is 1. The lowest BCUT2D eigenvalue weighted by Crippen LogP contribution is -2.47. The highest BCUT2D eigenvalue weighted by Crippen LogP contribution is 2.18. The summed E-state index contributed by atoms with van der Waals surface area (Å²) in [6.45, 7) is 3.67. The van der Waals surface area contributed by atoms with Crippen molar-refractivity contribution in [2.75, 3.05) is 42.2 Å². The average molecular weight is 395 g/mol. The minimum atomic E-state index is -0.126. The molecule has 3 aromatic heterocycles. The van der Waals surface area contributed by atoms with Gasteiger partial charge in [0.05, 0.1) is 12.2 Å². The smallest absolute Gasteiger partial charge is 0.267 e. The monoisotopic (exact) mass is 395 g/mol. The second kappa shape index (κ2) is 8.39. The molecule has 9 heteroatoms. The van der Waals surface area contributed by atoms with Gasteiger partial charge in [0.15, 0.2) is 5.16 Å². The summed E-state index contributed by atoms with van der Waals surface area (Å²) in [5, 5.41) is 5.34.